The van der Waals surface area contributed by atoms with Crippen LogP contribution in [0.4, 0.5) is 5.13 Å². The number of thiazole rings is 1. The summed E-state index contributed by atoms with van der Waals surface area (Å²) in [6.45, 7) is 8.84. The Kier molecular flexibility index (Phi) is 8.24. The topological polar surface area (TPSA) is 135 Å². The van der Waals surface area contributed by atoms with E-state index >= 15 is 0 Å². The number of esters is 1. The maximum Gasteiger partial charge on any atom is 0.350 e. The molecule has 1 saturated heterocycles. The number of carbonyl (C=O) groups excluding carboxylic acids is 3. The standard InChI is InChI=1S/C29H28N2O8S/c1-6-12-39-28(36)26-16(4)30-29(40-26)31-23(17-8-11-20(32)21(14-17)38-7-2)22(25(34)27(31)35)24(33)19-10-9-18(37-5)13-15(19)3/h6,8-11,13-14,23,32-33H,1,7,12H2,2-5H3/b24-22+/t23-/m1/s1. The predicted molar refractivity (Wildman–Crippen MR) is 149 cm³/mol. The van der Waals surface area contributed by atoms with Crippen molar-refractivity contribution in [2.75, 3.05) is 25.2 Å². The van der Waals surface area contributed by atoms with Crippen LogP contribution in [0.5, 0.6) is 17.2 Å². The largest absolute Gasteiger partial charge is 0.507 e. The van der Waals surface area contributed by atoms with Crippen molar-refractivity contribution in [3.05, 3.63) is 81.9 Å². The number of phenols is 1. The normalized spacial score (nSPS) is 16.2. The zero-order valence-corrected chi connectivity index (χ0v) is 23.2. The van der Waals surface area contributed by atoms with Crippen molar-refractivity contribution >= 4 is 39.9 Å². The van der Waals surface area contributed by atoms with Gasteiger partial charge in [-0.1, -0.05) is 30.1 Å². The summed E-state index contributed by atoms with van der Waals surface area (Å²) in [5.74, 6) is -2.36. The van der Waals surface area contributed by atoms with Crippen LogP contribution >= 0.6 is 11.3 Å². The predicted octanol–water partition coefficient (Wildman–Crippen LogP) is 4.84. The van der Waals surface area contributed by atoms with E-state index in [1.54, 1.807) is 39.0 Å². The summed E-state index contributed by atoms with van der Waals surface area (Å²) >= 11 is 0.886. The van der Waals surface area contributed by atoms with Crippen molar-refractivity contribution in [3.63, 3.8) is 0 Å². The molecule has 0 aliphatic carbocycles. The number of ketones is 1. The minimum atomic E-state index is -1.15. The van der Waals surface area contributed by atoms with Crippen molar-refractivity contribution in [2.24, 2.45) is 0 Å². The lowest BCUT2D eigenvalue weighted by molar-refractivity contribution is -0.132. The number of aliphatic hydroxyl groups excluding tert-OH is 1. The van der Waals surface area contributed by atoms with Gasteiger partial charge in [-0.15, -0.1) is 0 Å². The highest BCUT2D eigenvalue weighted by molar-refractivity contribution is 7.17. The van der Waals surface area contributed by atoms with Crippen LogP contribution in [-0.4, -0.2) is 53.2 Å². The van der Waals surface area contributed by atoms with Crippen LogP contribution in [0.15, 0.2) is 54.6 Å². The Morgan fingerprint density at radius 1 is 1.20 bits per heavy atom. The zero-order chi connectivity index (χ0) is 29.1. The van der Waals surface area contributed by atoms with Gasteiger partial charge in [-0.2, -0.15) is 0 Å². The Labute approximate surface area is 234 Å². The van der Waals surface area contributed by atoms with Crippen LogP contribution < -0.4 is 14.4 Å². The Hall–Kier alpha value is -4.64. The molecule has 0 spiro atoms. The van der Waals surface area contributed by atoms with Gasteiger partial charge in [0.15, 0.2) is 16.6 Å². The van der Waals surface area contributed by atoms with E-state index in [-0.39, 0.29) is 40.3 Å². The molecular weight excluding hydrogens is 536 g/mol. The summed E-state index contributed by atoms with van der Waals surface area (Å²) in [6, 6.07) is 8.17. The van der Waals surface area contributed by atoms with E-state index < -0.39 is 29.5 Å². The molecule has 1 amide bonds. The first kappa shape index (κ1) is 28.4. The highest BCUT2D eigenvalue weighted by Gasteiger charge is 2.48. The van der Waals surface area contributed by atoms with E-state index in [2.05, 4.69) is 11.6 Å². The second-order valence-electron chi connectivity index (χ2n) is 8.81. The van der Waals surface area contributed by atoms with Gasteiger partial charge in [0.1, 0.15) is 23.0 Å². The van der Waals surface area contributed by atoms with E-state index in [1.807, 2.05) is 0 Å². The summed E-state index contributed by atoms with van der Waals surface area (Å²) in [5.41, 5.74) is 1.43. The number of aromatic hydroxyl groups is 1. The number of benzene rings is 2. The summed E-state index contributed by atoms with van der Waals surface area (Å²) in [4.78, 5) is 45.3. The Morgan fingerprint density at radius 3 is 2.60 bits per heavy atom. The minimum absolute atomic E-state index is 0.00898. The number of aryl methyl sites for hydroxylation is 2. The van der Waals surface area contributed by atoms with Crippen molar-refractivity contribution < 1.29 is 38.8 Å². The third-order valence-electron chi connectivity index (χ3n) is 6.24. The number of aromatic nitrogens is 1. The van der Waals surface area contributed by atoms with Crippen LogP contribution in [0.2, 0.25) is 0 Å². The number of aliphatic hydroxyl groups is 1. The minimum Gasteiger partial charge on any atom is -0.507 e. The van der Waals surface area contributed by atoms with Crippen molar-refractivity contribution in [1.29, 1.82) is 0 Å². The zero-order valence-electron chi connectivity index (χ0n) is 22.4. The molecule has 1 aliphatic heterocycles. The summed E-state index contributed by atoms with van der Waals surface area (Å²) in [7, 11) is 1.51. The van der Waals surface area contributed by atoms with Gasteiger partial charge < -0.3 is 24.4 Å². The molecule has 1 fully saturated rings. The molecule has 10 nitrogen and oxygen atoms in total. The first-order valence-corrected chi connectivity index (χ1v) is 13.1. The molecule has 2 aromatic carbocycles. The maximum absolute atomic E-state index is 13.5. The van der Waals surface area contributed by atoms with Gasteiger partial charge in [0.25, 0.3) is 5.78 Å². The first-order valence-electron chi connectivity index (χ1n) is 12.3. The lowest BCUT2D eigenvalue weighted by Gasteiger charge is -2.24. The molecule has 0 unspecified atom stereocenters. The first-order chi connectivity index (χ1) is 19.1. The van der Waals surface area contributed by atoms with Gasteiger partial charge in [0, 0.05) is 5.56 Å². The molecule has 2 heterocycles. The molecule has 4 rings (SSSR count). The molecule has 208 valence electrons. The Balaban J connectivity index is 1.94. The van der Waals surface area contributed by atoms with Gasteiger partial charge >= 0.3 is 11.9 Å². The van der Waals surface area contributed by atoms with Gasteiger partial charge in [0.2, 0.25) is 0 Å². The molecule has 11 heteroatoms. The second kappa shape index (κ2) is 11.6. The van der Waals surface area contributed by atoms with Crippen molar-refractivity contribution in [2.45, 2.75) is 26.8 Å². The number of hydrogen-bond acceptors (Lipinski definition) is 10. The van der Waals surface area contributed by atoms with E-state index in [0.29, 0.717) is 28.1 Å². The van der Waals surface area contributed by atoms with E-state index in [4.69, 9.17) is 14.2 Å². The number of anilines is 1. The number of nitrogens with zero attached hydrogens (tertiary/aromatic N) is 2. The number of methoxy groups -OCH3 is 1. The Morgan fingerprint density at radius 2 is 1.95 bits per heavy atom. The maximum atomic E-state index is 13.5. The fourth-order valence-corrected chi connectivity index (χ4v) is 5.35. The molecule has 2 N–H and O–H groups in total. The molecule has 1 aliphatic rings. The molecule has 0 saturated carbocycles. The smallest absolute Gasteiger partial charge is 0.350 e. The average Bonchev–Trinajstić information content (AvgIpc) is 3.44. The molecule has 0 radical (unpaired) electrons. The monoisotopic (exact) mass is 564 g/mol. The highest BCUT2D eigenvalue weighted by atomic mass is 32.1. The summed E-state index contributed by atoms with van der Waals surface area (Å²) < 4.78 is 15.9. The van der Waals surface area contributed by atoms with Crippen LogP contribution in [0.25, 0.3) is 5.76 Å². The van der Waals surface area contributed by atoms with Crippen molar-refractivity contribution in [1.82, 2.24) is 4.98 Å². The van der Waals surface area contributed by atoms with Gasteiger partial charge in [-0.3, -0.25) is 14.5 Å². The van der Waals surface area contributed by atoms with Gasteiger partial charge in [0.05, 0.1) is 31.0 Å². The van der Waals surface area contributed by atoms with Crippen LogP contribution in [0.3, 0.4) is 0 Å². The van der Waals surface area contributed by atoms with Crippen molar-refractivity contribution in [3.8, 4) is 17.2 Å². The quantitative estimate of drug-likeness (QED) is 0.123. The lowest BCUT2D eigenvalue weighted by Crippen LogP contribution is -2.29. The SMILES string of the molecule is C=CCOC(=O)c1sc(N2C(=O)C(=O)/C(=C(/O)c3ccc(OC)cc3C)[C@H]2c2ccc(O)c(OCC)c2)nc1C. The van der Waals surface area contributed by atoms with Crippen LogP contribution in [0.1, 0.15) is 45.0 Å². The number of carbonyl (C=O) groups is 3. The number of Topliss-reactive ketones (excluding diaryl/α,β-unsaturated/α-hetero) is 1. The highest BCUT2D eigenvalue weighted by Crippen LogP contribution is 2.45. The number of ether oxygens (including phenoxy) is 3. The summed E-state index contributed by atoms with van der Waals surface area (Å²) in [5, 5.41) is 21.8. The van der Waals surface area contributed by atoms with Crippen LogP contribution in [-0.2, 0) is 14.3 Å². The molecule has 3 aromatic rings. The fraction of sp³-hybridized carbons (Fsp3) is 0.241. The molecule has 1 atom stereocenters. The van der Waals surface area contributed by atoms with E-state index in [0.717, 1.165) is 16.2 Å². The molecule has 0 bridgehead atoms. The third-order valence-corrected chi connectivity index (χ3v) is 7.38. The average molecular weight is 565 g/mol. The lowest BCUT2D eigenvalue weighted by atomic mass is 9.93. The number of rotatable bonds is 9. The van der Waals surface area contributed by atoms with Gasteiger partial charge in [-0.05, 0) is 62.2 Å². The number of amides is 1. The fourth-order valence-electron chi connectivity index (χ4n) is 4.37. The van der Waals surface area contributed by atoms with E-state index in [9.17, 15) is 24.6 Å². The summed E-state index contributed by atoms with van der Waals surface area (Å²) in [6.07, 6.45) is 1.43. The number of hydrogen-bond donors (Lipinski definition) is 2. The number of phenolic OH excluding ortho intramolecular Hbond substituents is 1. The second-order valence-corrected chi connectivity index (χ2v) is 9.79. The Bertz CT molecular complexity index is 1540. The molecule has 40 heavy (non-hydrogen) atoms. The molecular formula is C29H28N2O8S. The molecule has 1 aromatic heterocycles. The third kappa shape index (κ3) is 5.15. The van der Waals surface area contributed by atoms with Crippen LogP contribution in [0, 0.1) is 13.8 Å². The van der Waals surface area contributed by atoms with Gasteiger partial charge in [-0.25, -0.2) is 9.78 Å². The van der Waals surface area contributed by atoms with E-state index in [1.165, 1.54) is 31.4 Å².